The molecule has 1 aliphatic rings. The molecule has 1 aromatic carbocycles. The minimum absolute atomic E-state index is 0.0276. The number of ether oxygens (including phenoxy) is 1. The Morgan fingerprint density at radius 3 is 2.76 bits per heavy atom. The number of nitrogens with one attached hydrogen (secondary N) is 1. The smallest absolute Gasteiger partial charge is 0.429 e. The molecule has 1 aliphatic heterocycles. The molecule has 10 heteroatoms. The van der Waals surface area contributed by atoms with Crippen molar-refractivity contribution in [3.8, 4) is 16.9 Å². The maximum Gasteiger partial charge on any atom is 0.429 e. The first-order valence-corrected chi connectivity index (χ1v) is 9.50. The Kier molecular flexibility index (Phi) is 3.53. The van der Waals surface area contributed by atoms with E-state index in [4.69, 9.17) is 25.5 Å². The van der Waals surface area contributed by atoms with E-state index in [1.165, 1.54) is 0 Å². The number of rotatable bonds is 5. The Balaban J connectivity index is 1.84. The van der Waals surface area contributed by atoms with Gasteiger partial charge in [-0.15, -0.1) is 0 Å². The molecule has 0 bridgehead atoms. The molecule has 0 spiro atoms. The van der Waals surface area contributed by atoms with E-state index in [0.717, 1.165) is 29.3 Å². The molecule has 1 atom stereocenters. The number of aromatic nitrogens is 3. The van der Waals surface area contributed by atoms with Crippen LogP contribution in [0.4, 0.5) is 23.4 Å². The Morgan fingerprint density at radius 1 is 1.27 bits per heavy atom. The predicted molar refractivity (Wildman–Crippen MR) is 116 cm³/mol. The van der Waals surface area contributed by atoms with Gasteiger partial charge in [0.15, 0.2) is 11.6 Å². The van der Waals surface area contributed by atoms with Crippen LogP contribution in [-0.2, 0) is 0 Å². The lowest BCUT2D eigenvalue weighted by Crippen LogP contribution is -2.29. The standard InChI is InChI=1S/C23H25F4N5O/c1-13-3-4-18(24)14(2)20(13)21(23(25,26)27)33-19-9-15(10-30-22(19)28)16-11-31-32(12-16)17-5-7-29-8-6-17/h3-4,9-12,17,21,29H,5-8H2,1-2H3,(H2,28,30)/i1D3,2D3,5D2,6D2,17D. The molecule has 1 fully saturated rings. The number of hydrogen-bond donors (Lipinski definition) is 2. The first kappa shape index (κ1) is 12.9. The summed E-state index contributed by atoms with van der Waals surface area (Å²) in [7, 11) is 0. The molecule has 2 aromatic heterocycles. The topological polar surface area (TPSA) is 78.0 Å². The number of aryl methyl sites for hydroxylation is 1. The second-order valence-electron chi connectivity index (χ2n) is 7.01. The summed E-state index contributed by atoms with van der Waals surface area (Å²) in [5, 5.41) is 6.52. The molecule has 1 unspecified atom stereocenters. The lowest BCUT2D eigenvalue weighted by molar-refractivity contribution is -0.198. The van der Waals surface area contributed by atoms with E-state index in [-0.39, 0.29) is 24.2 Å². The molecule has 4 rings (SSSR count). The number of anilines is 1. The van der Waals surface area contributed by atoms with Crippen LogP contribution in [0.3, 0.4) is 0 Å². The molecule has 3 aromatic rings. The minimum Gasteiger partial charge on any atom is -0.472 e. The van der Waals surface area contributed by atoms with Gasteiger partial charge in [-0.2, -0.15) is 18.3 Å². The third kappa shape index (κ3) is 4.80. The first-order valence-electron chi connectivity index (χ1n) is 15.0. The highest BCUT2D eigenvalue weighted by atomic mass is 19.4. The molecule has 1 saturated heterocycles. The van der Waals surface area contributed by atoms with Crippen molar-refractivity contribution in [2.24, 2.45) is 0 Å². The van der Waals surface area contributed by atoms with Crippen LogP contribution in [0.25, 0.3) is 11.1 Å². The predicted octanol–water partition coefficient (Wildman–Crippen LogP) is 4.89. The summed E-state index contributed by atoms with van der Waals surface area (Å²) in [4.78, 5) is 3.79. The van der Waals surface area contributed by atoms with Crippen molar-refractivity contribution in [1.29, 1.82) is 0 Å². The molecule has 33 heavy (non-hydrogen) atoms. The largest absolute Gasteiger partial charge is 0.472 e. The maximum absolute atomic E-state index is 14.8. The van der Waals surface area contributed by atoms with Crippen molar-refractivity contribution in [3.63, 3.8) is 0 Å². The van der Waals surface area contributed by atoms with Crippen LogP contribution in [0, 0.1) is 19.5 Å². The van der Waals surface area contributed by atoms with Crippen LogP contribution in [0.5, 0.6) is 5.75 Å². The Labute approximate surface area is 204 Å². The summed E-state index contributed by atoms with van der Waals surface area (Å²) in [5.74, 6) is -3.05. The molecule has 3 heterocycles. The van der Waals surface area contributed by atoms with E-state index >= 15 is 0 Å². The average molecular weight is 475 g/mol. The van der Waals surface area contributed by atoms with E-state index in [0.29, 0.717) is 12.1 Å². The zero-order valence-corrected chi connectivity index (χ0v) is 16.8. The summed E-state index contributed by atoms with van der Waals surface area (Å²) in [6.07, 6.45) is -10.5. The third-order valence-corrected chi connectivity index (χ3v) is 4.79. The summed E-state index contributed by atoms with van der Waals surface area (Å²) < 4.78 is 152. The molecule has 0 amide bonds. The van der Waals surface area contributed by atoms with Gasteiger partial charge in [0.1, 0.15) is 5.82 Å². The fraction of sp³-hybridized carbons (Fsp3) is 0.391. The first-order chi connectivity index (χ1) is 19.9. The van der Waals surface area contributed by atoms with Crippen LogP contribution < -0.4 is 15.8 Å². The van der Waals surface area contributed by atoms with Crippen LogP contribution >= 0.6 is 0 Å². The highest BCUT2D eigenvalue weighted by Crippen LogP contribution is 2.41. The van der Waals surface area contributed by atoms with Crippen molar-refractivity contribution in [1.82, 2.24) is 20.1 Å². The summed E-state index contributed by atoms with van der Waals surface area (Å²) in [6, 6.07) is -0.675. The molecule has 0 aliphatic carbocycles. The molecule has 0 saturated carbocycles. The fourth-order valence-electron chi connectivity index (χ4n) is 3.16. The number of benzene rings is 1. The van der Waals surface area contributed by atoms with Crippen molar-refractivity contribution >= 4 is 5.82 Å². The van der Waals surface area contributed by atoms with Gasteiger partial charge in [0, 0.05) is 42.8 Å². The number of pyridine rings is 1. The Bertz CT molecular complexity index is 1540. The van der Waals surface area contributed by atoms with Crippen LogP contribution in [0.1, 0.15) is 56.6 Å². The third-order valence-electron chi connectivity index (χ3n) is 4.79. The summed E-state index contributed by atoms with van der Waals surface area (Å²) >= 11 is 0. The van der Waals surface area contributed by atoms with Gasteiger partial charge in [-0.05, 0) is 62.8 Å². The van der Waals surface area contributed by atoms with Gasteiger partial charge in [0.2, 0.25) is 6.10 Å². The van der Waals surface area contributed by atoms with Crippen molar-refractivity contribution in [2.75, 3.05) is 18.8 Å². The van der Waals surface area contributed by atoms with E-state index < -0.39 is 78.8 Å². The fourth-order valence-corrected chi connectivity index (χ4v) is 3.16. The second-order valence-corrected chi connectivity index (χ2v) is 7.01. The monoisotopic (exact) mass is 474 g/mol. The van der Waals surface area contributed by atoms with Crippen molar-refractivity contribution in [2.45, 2.75) is 44.7 Å². The van der Waals surface area contributed by atoms with E-state index in [1.54, 1.807) is 0 Å². The number of nitrogen functional groups attached to an aromatic ring is 1. The highest BCUT2D eigenvalue weighted by molar-refractivity contribution is 5.66. The zero-order valence-electron chi connectivity index (χ0n) is 27.8. The number of nitrogens with two attached hydrogens (primary N) is 1. The second kappa shape index (κ2) is 9.01. The van der Waals surface area contributed by atoms with Crippen molar-refractivity contribution < 1.29 is 37.4 Å². The molecule has 0 radical (unpaired) electrons. The van der Waals surface area contributed by atoms with E-state index in [1.807, 2.05) is 0 Å². The minimum atomic E-state index is -5.50. The number of hydrogen-bond acceptors (Lipinski definition) is 5. The quantitative estimate of drug-likeness (QED) is 0.515. The van der Waals surface area contributed by atoms with Crippen LogP contribution in [0.15, 0.2) is 36.8 Å². The average Bonchev–Trinajstić information content (AvgIpc) is 3.34. The van der Waals surface area contributed by atoms with Gasteiger partial charge in [-0.25, -0.2) is 9.37 Å². The lowest BCUT2D eigenvalue weighted by Gasteiger charge is -2.26. The highest BCUT2D eigenvalue weighted by Gasteiger charge is 2.45. The molecular formula is C23H25F4N5O. The van der Waals surface area contributed by atoms with Gasteiger partial charge in [0.25, 0.3) is 0 Å². The molecule has 6 nitrogen and oxygen atoms in total. The van der Waals surface area contributed by atoms with Gasteiger partial charge in [-0.3, -0.25) is 4.68 Å². The van der Waals surface area contributed by atoms with Gasteiger partial charge in [-0.1, -0.05) is 6.07 Å². The SMILES string of the molecule is [2H]C([2H])([2H])c1ccc(F)c(C([2H])([2H])[2H])c1C(Oc1cc(-c2cnn(C3([2H])C([2H])([2H])CNCC3([2H])[2H])c2)cnc1N)C(F)(F)F. The van der Waals surface area contributed by atoms with E-state index in [9.17, 15) is 17.6 Å². The Morgan fingerprint density at radius 2 is 2.06 bits per heavy atom. The number of alkyl halides is 3. The Hall–Kier alpha value is -3.14. The molecule has 3 N–H and O–H groups in total. The zero-order chi connectivity index (χ0) is 33.3. The number of halogens is 4. The molecule has 176 valence electrons. The maximum atomic E-state index is 14.8. The van der Waals surface area contributed by atoms with Crippen LogP contribution in [0.2, 0.25) is 0 Å². The summed E-state index contributed by atoms with van der Waals surface area (Å²) in [5.41, 5.74) is 1.67. The number of nitrogens with zero attached hydrogens (tertiary/aromatic N) is 3. The van der Waals surface area contributed by atoms with Gasteiger partial charge < -0.3 is 15.8 Å². The number of piperidine rings is 1. The lowest BCUT2D eigenvalue weighted by atomic mass is 9.97. The van der Waals surface area contributed by atoms with Crippen molar-refractivity contribution in [3.05, 3.63) is 59.3 Å². The van der Waals surface area contributed by atoms with Crippen LogP contribution in [-0.4, -0.2) is 34.0 Å². The summed E-state index contributed by atoms with van der Waals surface area (Å²) in [6.45, 7) is -7.58. The van der Waals surface area contributed by atoms with E-state index in [2.05, 4.69) is 15.4 Å². The molecular weight excluding hydrogens is 438 g/mol. The normalized spacial score (nSPS) is 25.8. The van der Waals surface area contributed by atoms with Gasteiger partial charge >= 0.3 is 6.18 Å². The van der Waals surface area contributed by atoms with Gasteiger partial charge in [0.05, 0.1) is 13.6 Å².